The van der Waals surface area contributed by atoms with Crippen molar-refractivity contribution in [2.75, 3.05) is 21.3 Å². The molecule has 0 saturated carbocycles. The Morgan fingerprint density at radius 1 is 1.11 bits per heavy atom. The van der Waals surface area contributed by atoms with Crippen LogP contribution in [0.15, 0.2) is 45.6 Å². The van der Waals surface area contributed by atoms with Gasteiger partial charge in [0, 0.05) is 18.2 Å². The fourth-order valence-electron chi connectivity index (χ4n) is 3.03. The average Bonchev–Trinajstić information content (AvgIpc) is 3.01. The molecular formula is C20H22N2O6. The number of para-hydroxylation sites is 2. The molecule has 0 radical (unpaired) electrons. The maximum Gasteiger partial charge on any atom is 0.420 e. The number of amides is 1. The van der Waals surface area contributed by atoms with Crippen LogP contribution in [0.4, 0.5) is 0 Å². The lowest BCUT2D eigenvalue weighted by Gasteiger charge is -2.17. The normalized spacial score (nSPS) is 11.9. The van der Waals surface area contributed by atoms with Crippen LogP contribution >= 0.6 is 0 Å². The lowest BCUT2D eigenvalue weighted by molar-refractivity contribution is 0.0935. The van der Waals surface area contributed by atoms with Crippen molar-refractivity contribution in [1.29, 1.82) is 0 Å². The summed E-state index contributed by atoms with van der Waals surface area (Å²) in [4.78, 5) is 24.8. The smallest absolute Gasteiger partial charge is 0.420 e. The summed E-state index contributed by atoms with van der Waals surface area (Å²) in [6.07, 6.45) is 0. The molecule has 0 spiro atoms. The fraction of sp³-hybridized carbons (Fsp3) is 0.300. The fourth-order valence-corrected chi connectivity index (χ4v) is 3.03. The van der Waals surface area contributed by atoms with Gasteiger partial charge in [0.25, 0.3) is 5.91 Å². The van der Waals surface area contributed by atoms with Crippen LogP contribution in [0.1, 0.15) is 17.3 Å². The van der Waals surface area contributed by atoms with E-state index in [2.05, 4.69) is 5.32 Å². The van der Waals surface area contributed by atoms with Crippen molar-refractivity contribution in [3.8, 4) is 17.2 Å². The molecule has 0 fully saturated rings. The Labute approximate surface area is 161 Å². The number of hydrogen-bond donors (Lipinski definition) is 1. The average molecular weight is 386 g/mol. The summed E-state index contributed by atoms with van der Waals surface area (Å²) >= 11 is 0. The number of benzene rings is 2. The molecular weight excluding hydrogens is 364 g/mol. The molecule has 3 aromatic rings. The van der Waals surface area contributed by atoms with Gasteiger partial charge in [-0.05, 0) is 31.2 Å². The molecule has 0 aliphatic rings. The van der Waals surface area contributed by atoms with E-state index >= 15 is 0 Å². The molecule has 1 heterocycles. The Morgan fingerprint density at radius 2 is 1.75 bits per heavy atom. The van der Waals surface area contributed by atoms with E-state index in [1.54, 1.807) is 30.3 Å². The summed E-state index contributed by atoms with van der Waals surface area (Å²) in [6, 6.07) is 9.97. The van der Waals surface area contributed by atoms with Gasteiger partial charge in [0.15, 0.2) is 17.1 Å². The summed E-state index contributed by atoms with van der Waals surface area (Å²) < 4.78 is 22.5. The highest BCUT2D eigenvalue weighted by Crippen LogP contribution is 2.38. The maximum atomic E-state index is 12.7. The SMILES string of the molecule is COc1cc(C(=O)N[C@@H](C)Cn2c(=O)oc3ccccc32)cc(OC)c1OC. The summed E-state index contributed by atoms with van der Waals surface area (Å²) in [5, 5.41) is 2.87. The lowest BCUT2D eigenvalue weighted by Crippen LogP contribution is -2.37. The first-order chi connectivity index (χ1) is 13.5. The molecule has 0 saturated heterocycles. The second-order valence-corrected chi connectivity index (χ2v) is 6.23. The zero-order chi connectivity index (χ0) is 20.3. The largest absolute Gasteiger partial charge is 0.493 e. The van der Waals surface area contributed by atoms with Crippen molar-refractivity contribution >= 4 is 17.0 Å². The topological polar surface area (TPSA) is 91.9 Å². The first-order valence-electron chi connectivity index (χ1n) is 8.67. The number of ether oxygens (including phenoxy) is 3. The molecule has 0 aliphatic heterocycles. The minimum Gasteiger partial charge on any atom is -0.493 e. The molecule has 0 unspecified atom stereocenters. The predicted molar refractivity (Wildman–Crippen MR) is 104 cm³/mol. The second-order valence-electron chi connectivity index (χ2n) is 6.23. The van der Waals surface area contributed by atoms with Crippen LogP contribution in [0.5, 0.6) is 17.2 Å². The third-order valence-corrected chi connectivity index (χ3v) is 4.33. The Hall–Kier alpha value is -3.42. The Bertz CT molecular complexity index is 1030. The highest BCUT2D eigenvalue weighted by atomic mass is 16.5. The van der Waals surface area contributed by atoms with Crippen molar-refractivity contribution in [1.82, 2.24) is 9.88 Å². The number of fused-ring (bicyclic) bond motifs is 1. The van der Waals surface area contributed by atoms with Crippen LogP contribution in [0.3, 0.4) is 0 Å². The van der Waals surface area contributed by atoms with E-state index < -0.39 is 5.76 Å². The highest BCUT2D eigenvalue weighted by Gasteiger charge is 2.19. The van der Waals surface area contributed by atoms with Gasteiger partial charge < -0.3 is 23.9 Å². The van der Waals surface area contributed by atoms with Crippen molar-refractivity contribution in [3.05, 3.63) is 52.5 Å². The van der Waals surface area contributed by atoms with Gasteiger partial charge in [-0.25, -0.2) is 4.79 Å². The molecule has 1 N–H and O–H groups in total. The molecule has 1 aromatic heterocycles. The third kappa shape index (κ3) is 3.66. The maximum absolute atomic E-state index is 12.7. The molecule has 28 heavy (non-hydrogen) atoms. The summed E-state index contributed by atoms with van der Waals surface area (Å²) in [7, 11) is 4.46. The number of methoxy groups -OCH3 is 3. The van der Waals surface area contributed by atoms with Crippen molar-refractivity contribution in [2.24, 2.45) is 0 Å². The first kappa shape index (κ1) is 19.3. The summed E-state index contributed by atoms with van der Waals surface area (Å²) in [5.41, 5.74) is 1.54. The highest BCUT2D eigenvalue weighted by molar-refractivity contribution is 5.95. The number of carbonyl (C=O) groups excluding carboxylic acids is 1. The molecule has 1 amide bonds. The van der Waals surface area contributed by atoms with Crippen LogP contribution in [-0.4, -0.2) is 37.8 Å². The van der Waals surface area contributed by atoms with E-state index in [9.17, 15) is 9.59 Å². The van der Waals surface area contributed by atoms with Crippen molar-refractivity contribution in [2.45, 2.75) is 19.5 Å². The van der Waals surface area contributed by atoms with E-state index in [-0.39, 0.29) is 18.5 Å². The van der Waals surface area contributed by atoms with E-state index in [4.69, 9.17) is 18.6 Å². The van der Waals surface area contributed by atoms with Crippen molar-refractivity contribution < 1.29 is 23.4 Å². The Balaban J connectivity index is 1.81. The minimum absolute atomic E-state index is 0.270. The minimum atomic E-state index is -0.463. The predicted octanol–water partition coefficient (Wildman–Crippen LogP) is 2.44. The second kappa shape index (κ2) is 8.08. The van der Waals surface area contributed by atoms with E-state index in [0.29, 0.717) is 33.9 Å². The standard InChI is InChI=1S/C20H22N2O6/c1-12(11-22-14-7-5-6-8-15(14)28-20(22)24)21-19(23)13-9-16(25-2)18(27-4)17(10-13)26-3/h5-10,12H,11H2,1-4H3,(H,21,23)/t12-/m0/s1. The quantitative estimate of drug-likeness (QED) is 0.671. The molecule has 3 rings (SSSR count). The molecule has 0 aliphatic carbocycles. The number of oxazole rings is 1. The molecule has 0 bridgehead atoms. The molecule has 2 aromatic carbocycles. The molecule has 1 atom stereocenters. The summed E-state index contributed by atoms with van der Waals surface area (Å²) in [5.74, 6) is 0.391. The van der Waals surface area contributed by atoms with E-state index in [0.717, 1.165) is 0 Å². The number of rotatable bonds is 7. The van der Waals surface area contributed by atoms with Gasteiger partial charge in [-0.2, -0.15) is 0 Å². The molecule has 148 valence electrons. The zero-order valence-corrected chi connectivity index (χ0v) is 16.1. The van der Waals surface area contributed by atoms with Gasteiger partial charge in [0.1, 0.15) is 0 Å². The number of hydrogen-bond acceptors (Lipinski definition) is 6. The number of carbonyl (C=O) groups is 1. The van der Waals surface area contributed by atoms with Gasteiger partial charge in [-0.1, -0.05) is 12.1 Å². The van der Waals surface area contributed by atoms with Crippen molar-refractivity contribution in [3.63, 3.8) is 0 Å². The Kier molecular flexibility index (Phi) is 5.58. The third-order valence-electron chi connectivity index (χ3n) is 4.33. The van der Waals surface area contributed by atoms with Gasteiger partial charge in [-0.3, -0.25) is 9.36 Å². The van der Waals surface area contributed by atoms with Crippen LogP contribution < -0.4 is 25.3 Å². The number of nitrogens with zero attached hydrogens (tertiary/aromatic N) is 1. The van der Waals surface area contributed by atoms with Gasteiger partial charge in [-0.15, -0.1) is 0 Å². The lowest BCUT2D eigenvalue weighted by atomic mass is 10.1. The number of nitrogens with one attached hydrogen (secondary N) is 1. The van der Waals surface area contributed by atoms with E-state index in [1.165, 1.54) is 25.9 Å². The molecule has 8 nitrogen and oxygen atoms in total. The first-order valence-corrected chi connectivity index (χ1v) is 8.67. The van der Waals surface area contributed by atoms with Gasteiger partial charge in [0.05, 0.1) is 26.8 Å². The number of aromatic nitrogens is 1. The monoisotopic (exact) mass is 386 g/mol. The van der Waals surface area contributed by atoms with Crippen LogP contribution in [0.25, 0.3) is 11.1 Å². The zero-order valence-electron chi connectivity index (χ0n) is 16.1. The van der Waals surface area contributed by atoms with Gasteiger partial charge in [0.2, 0.25) is 5.75 Å². The molecule has 8 heteroatoms. The van der Waals surface area contributed by atoms with Crippen LogP contribution in [0, 0.1) is 0 Å². The van der Waals surface area contributed by atoms with Crippen LogP contribution in [0.2, 0.25) is 0 Å². The Morgan fingerprint density at radius 3 is 2.36 bits per heavy atom. The van der Waals surface area contributed by atoms with Gasteiger partial charge >= 0.3 is 5.76 Å². The van der Waals surface area contributed by atoms with Crippen LogP contribution in [-0.2, 0) is 6.54 Å². The van der Waals surface area contributed by atoms with E-state index in [1.807, 2.05) is 13.0 Å². The summed E-state index contributed by atoms with van der Waals surface area (Å²) in [6.45, 7) is 2.08.